The molecular weight excluding hydrogens is 420 g/mol. The standard InChI is InChI=1S/C25H22N4O4/c1-31-23-12-11-18(14-24(23)32-2)21-15-22(28-27-21)25(30)29-26-16-17-7-6-10-20(13-17)33-19-8-4-3-5-9-19/h3-16H,1-2H3,(H,27,28)(H,29,30)/b26-16-. The minimum Gasteiger partial charge on any atom is -0.493 e. The van der Waals surface area contributed by atoms with Crippen LogP contribution in [0.3, 0.4) is 0 Å². The van der Waals surface area contributed by atoms with E-state index in [1.807, 2.05) is 60.7 Å². The van der Waals surface area contributed by atoms with Crippen LogP contribution in [0.2, 0.25) is 0 Å². The Kier molecular flexibility index (Phi) is 6.65. The van der Waals surface area contributed by atoms with Crippen LogP contribution in [0.4, 0.5) is 0 Å². The van der Waals surface area contributed by atoms with E-state index in [4.69, 9.17) is 14.2 Å². The Labute approximate surface area is 190 Å². The Morgan fingerprint density at radius 3 is 2.48 bits per heavy atom. The van der Waals surface area contributed by atoms with Gasteiger partial charge in [-0.3, -0.25) is 9.89 Å². The number of rotatable bonds is 8. The van der Waals surface area contributed by atoms with Gasteiger partial charge in [-0.25, -0.2) is 5.43 Å². The Morgan fingerprint density at radius 1 is 0.909 bits per heavy atom. The molecule has 166 valence electrons. The quantitative estimate of drug-likeness (QED) is 0.306. The second kappa shape index (κ2) is 10.1. The average molecular weight is 442 g/mol. The van der Waals surface area contributed by atoms with Crippen molar-refractivity contribution < 1.29 is 19.0 Å². The van der Waals surface area contributed by atoms with Crippen LogP contribution in [0.25, 0.3) is 11.3 Å². The molecule has 0 unspecified atom stereocenters. The molecule has 3 aromatic carbocycles. The second-order valence-electron chi connectivity index (χ2n) is 6.92. The molecule has 1 heterocycles. The molecule has 0 atom stereocenters. The molecule has 1 aromatic heterocycles. The number of para-hydroxylation sites is 1. The Balaban J connectivity index is 1.40. The molecular formula is C25H22N4O4. The van der Waals surface area contributed by atoms with Crippen molar-refractivity contribution in [3.05, 3.63) is 90.1 Å². The van der Waals surface area contributed by atoms with Crippen LogP contribution in [-0.4, -0.2) is 36.5 Å². The minimum absolute atomic E-state index is 0.276. The molecule has 33 heavy (non-hydrogen) atoms. The van der Waals surface area contributed by atoms with E-state index >= 15 is 0 Å². The highest BCUT2D eigenvalue weighted by Gasteiger charge is 2.12. The molecule has 0 aliphatic heterocycles. The maximum atomic E-state index is 12.4. The van der Waals surface area contributed by atoms with Gasteiger partial charge in [-0.15, -0.1) is 0 Å². The summed E-state index contributed by atoms with van der Waals surface area (Å²) in [5.41, 5.74) is 4.92. The second-order valence-corrected chi connectivity index (χ2v) is 6.92. The van der Waals surface area contributed by atoms with Crippen molar-refractivity contribution in [1.29, 1.82) is 0 Å². The Hall–Kier alpha value is -4.59. The number of nitrogens with one attached hydrogen (secondary N) is 2. The number of methoxy groups -OCH3 is 2. The Morgan fingerprint density at radius 2 is 1.70 bits per heavy atom. The fourth-order valence-corrected chi connectivity index (χ4v) is 3.09. The lowest BCUT2D eigenvalue weighted by Crippen LogP contribution is -2.18. The van der Waals surface area contributed by atoms with Crippen LogP contribution < -0.4 is 19.6 Å². The molecule has 1 amide bonds. The number of carbonyl (C=O) groups is 1. The summed E-state index contributed by atoms with van der Waals surface area (Å²) in [5.74, 6) is 2.19. The van der Waals surface area contributed by atoms with Gasteiger partial charge in [0.15, 0.2) is 11.5 Å². The lowest BCUT2D eigenvalue weighted by molar-refractivity contribution is 0.0950. The number of benzene rings is 3. The molecule has 0 fully saturated rings. The molecule has 0 bridgehead atoms. The summed E-state index contributed by atoms with van der Waals surface area (Å²) < 4.78 is 16.4. The molecule has 8 heteroatoms. The smallest absolute Gasteiger partial charge is 0.289 e. The number of amides is 1. The maximum Gasteiger partial charge on any atom is 0.289 e. The van der Waals surface area contributed by atoms with Gasteiger partial charge in [0.05, 0.1) is 26.1 Å². The van der Waals surface area contributed by atoms with Gasteiger partial charge in [0, 0.05) is 5.56 Å². The van der Waals surface area contributed by atoms with Gasteiger partial charge < -0.3 is 14.2 Å². The zero-order valence-electron chi connectivity index (χ0n) is 18.1. The van der Waals surface area contributed by atoms with Crippen molar-refractivity contribution in [2.45, 2.75) is 0 Å². The summed E-state index contributed by atoms with van der Waals surface area (Å²) in [7, 11) is 3.13. The third-order valence-corrected chi connectivity index (χ3v) is 4.72. The number of hydrogen-bond acceptors (Lipinski definition) is 6. The number of H-pyrrole nitrogens is 1. The first-order chi connectivity index (χ1) is 16.2. The van der Waals surface area contributed by atoms with Crippen molar-refractivity contribution in [3.63, 3.8) is 0 Å². The molecule has 0 saturated heterocycles. The van der Waals surface area contributed by atoms with Gasteiger partial charge in [0.1, 0.15) is 17.2 Å². The van der Waals surface area contributed by atoms with E-state index in [2.05, 4.69) is 20.7 Å². The van der Waals surface area contributed by atoms with Crippen LogP contribution in [-0.2, 0) is 0 Å². The zero-order valence-corrected chi connectivity index (χ0v) is 18.1. The highest BCUT2D eigenvalue weighted by molar-refractivity contribution is 5.94. The Bertz CT molecular complexity index is 1270. The number of nitrogens with zero attached hydrogens (tertiary/aromatic N) is 2. The summed E-state index contributed by atoms with van der Waals surface area (Å²) in [6.07, 6.45) is 1.54. The summed E-state index contributed by atoms with van der Waals surface area (Å²) in [5, 5.41) is 11.0. The molecule has 4 rings (SSSR count). The topological polar surface area (TPSA) is 97.8 Å². The van der Waals surface area contributed by atoms with Crippen molar-refractivity contribution in [2.75, 3.05) is 14.2 Å². The molecule has 0 aliphatic carbocycles. The molecule has 4 aromatic rings. The van der Waals surface area contributed by atoms with Gasteiger partial charge >= 0.3 is 0 Å². The largest absolute Gasteiger partial charge is 0.493 e. The van der Waals surface area contributed by atoms with Crippen LogP contribution in [0, 0.1) is 0 Å². The van der Waals surface area contributed by atoms with Gasteiger partial charge in [-0.05, 0) is 54.1 Å². The van der Waals surface area contributed by atoms with E-state index in [1.54, 1.807) is 38.6 Å². The maximum absolute atomic E-state index is 12.4. The number of hydrazone groups is 1. The van der Waals surface area contributed by atoms with E-state index in [0.717, 1.165) is 16.9 Å². The van der Waals surface area contributed by atoms with E-state index < -0.39 is 5.91 Å². The van der Waals surface area contributed by atoms with Crippen LogP contribution >= 0.6 is 0 Å². The summed E-state index contributed by atoms with van der Waals surface area (Å²) in [6, 6.07) is 23.9. The summed E-state index contributed by atoms with van der Waals surface area (Å²) in [4.78, 5) is 12.4. The van der Waals surface area contributed by atoms with Crippen LogP contribution in [0.1, 0.15) is 16.1 Å². The number of hydrogen-bond donors (Lipinski definition) is 2. The lowest BCUT2D eigenvalue weighted by atomic mass is 10.1. The van der Waals surface area contributed by atoms with Crippen LogP contribution in [0.15, 0.2) is 84.0 Å². The molecule has 0 saturated carbocycles. The van der Waals surface area contributed by atoms with Crippen molar-refractivity contribution in [3.8, 4) is 34.3 Å². The zero-order chi connectivity index (χ0) is 23.0. The first kappa shape index (κ1) is 21.6. The SMILES string of the molecule is COc1ccc(-c2cc(C(=O)N/N=C\c3cccc(Oc4ccccc4)c3)[nH]n2)cc1OC. The minimum atomic E-state index is -0.415. The molecule has 0 radical (unpaired) electrons. The van der Waals surface area contributed by atoms with Gasteiger partial charge in [0.2, 0.25) is 0 Å². The molecule has 8 nitrogen and oxygen atoms in total. The number of aromatic amines is 1. The first-order valence-electron chi connectivity index (χ1n) is 10.1. The fourth-order valence-electron chi connectivity index (χ4n) is 3.09. The van der Waals surface area contributed by atoms with E-state index in [0.29, 0.717) is 22.9 Å². The fraction of sp³-hybridized carbons (Fsp3) is 0.0800. The van der Waals surface area contributed by atoms with E-state index in [9.17, 15) is 4.79 Å². The van der Waals surface area contributed by atoms with Crippen molar-refractivity contribution in [2.24, 2.45) is 5.10 Å². The van der Waals surface area contributed by atoms with Crippen molar-refractivity contribution in [1.82, 2.24) is 15.6 Å². The van der Waals surface area contributed by atoms with Crippen LogP contribution in [0.5, 0.6) is 23.0 Å². The third-order valence-electron chi connectivity index (χ3n) is 4.72. The molecule has 0 aliphatic rings. The predicted molar refractivity (Wildman–Crippen MR) is 125 cm³/mol. The average Bonchev–Trinajstić information content (AvgIpc) is 3.35. The number of aromatic nitrogens is 2. The van der Waals surface area contributed by atoms with Gasteiger partial charge in [-0.2, -0.15) is 10.2 Å². The highest BCUT2D eigenvalue weighted by atomic mass is 16.5. The predicted octanol–water partition coefficient (Wildman–Crippen LogP) is 4.65. The molecule has 2 N–H and O–H groups in total. The number of carbonyl (C=O) groups excluding carboxylic acids is 1. The number of ether oxygens (including phenoxy) is 3. The highest BCUT2D eigenvalue weighted by Crippen LogP contribution is 2.31. The van der Waals surface area contributed by atoms with Gasteiger partial charge in [-0.1, -0.05) is 30.3 Å². The van der Waals surface area contributed by atoms with E-state index in [1.165, 1.54) is 0 Å². The normalized spacial score (nSPS) is 10.7. The summed E-state index contributed by atoms with van der Waals surface area (Å²) >= 11 is 0. The van der Waals surface area contributed by atoms with Gasteiger partial charge in [0.25, 0.3) is 5.91 Å². The summed E-state index contributed by atoms with van der Waals surface area (Å²) in [6.45, 7) is 0. The first-order valence-corrected chi connectivity index (χ1v) is 10.1. The lowest BCUT2D eigenvalue weighted by Gasteiger charge is -2.08. The van der Waals surface area contributed by atoms with Crippen molar-refractivity contribution >= 4 is 12.1 Å². The van der Waals surface area contributed by atoms with E-state index in [-0.39, 0.29) is 5.69 Å². The molecule has 0 spiro atoms. The third kappa shape index (κ3) is 5.37. The monoisotopic (exact) mass is 442 g/mol.